The topological polar surface area (TPSA) is 43.1 Å². The molecule has 0 heterocycles. The molecule has 0 aliphatic heterocycles. The van der Waals surface area contributed by atoms with E-state index < -0.39 is 24.7 Å². The van der Waals surface area contributed by atoms with Crippen LogP contribution in [-0.2, 0) is 4.79 Å². The number of ketones is 1. The van der Waals surface area contributed by atoms with Gasteiger partial charge in [0.15, 0.2) is 18.1 Å². The van der Waals surface area contributed by atoms with Crippen LogP contribution in [0.2, 0.25) is 0 Å². The monoisotopic (exact) mass is 137 g/mol. The lowest BCUT2D eigenvalue weighted by molar-refractivity contribution is -0.123. The second kappa shape index (κ2) is 3.50. The van der Waals surface area contributed by atoms with E-state index in [-0.39, 0.29) is 0 Å². The van der Waals surface area contributed by atoms with Crippen LogP contribution in [0.3, 0.4) is 0 Å². The van der Waals surface area contributed by atoms with Crippen LogP contribution in [0, 0.1) is 0 Å². The van der Waals surface area contributed by atoms with Crippen molar-refractivity contribution in [3.63, 3.8) is 0 Å². The number of halogens is 2. The molecular formula is C5H9F2NO. The Morgan fingerprint density at radius 1 is 1.67 bits per heavy atom. The van der Waals surface area contributed by atoms with Gasteiger partial charge in [0, 0.05) is 6.54 Å². The van der Waals surface area contributed by atoms with E-state index in [1.54, 1.807) is 0 Å². The number of carbonyl (C=O) groups excluding carboxylic acids is 1. The Bertz CT molecular complexity index is 107. The van der Waals surface area contributed by atoms with Crippen LogP contribution in [-0.4, -0.2) is 24.7 Å². The maximum Gasteiger partial charge on any atom is 0.190 e. The van der Waals surface area contributed by atoms with E-state index in [0.29, 0.717) is 0 Å². The maximum absolute atomic E-state index is 12.1. The van der Waals surface area contributed by atoms with Gasteiger partial charge in [-0.15, -0.1) is 0 Å². The summed E-state index contributed by atoms with van der Waals surface area (Å²) in [6.45, 7) is 0.549. The summed E-state index contributed by atoms with van der Waals surface area (Å²) in [7, 11) is 0. The van der Waals surface area contributed by atoms with Gasteiger partial charge in [-0.05, 0) is 6.92 Å². The first-order valence-corrected chi connectivity index (χ1v) is 2.58. The van der Waals surface area contributed by atoms with Gasteiger partial charge < -0.3 is 5.73 Å². The lowest BCUT2D eigenvalue weighted by Gasteiger charge is -2.06. The van der Waals surface area contributed by atoms with Crippen molar-refractivity contribution in [2.75, 3.05) is 6.54 Å². The van der Waals surface area contributed by atoms with Gasteiger partial charge in [-0.1, -0.05) is 0 Å². The van der Waals surface area contributed by atoms with E-state index in [4.69, 9.17) is 5.73 Å². The van der Waals surface area contributed by atoms with Gasteiger partial charge in [0.2, 0.25) is 0 Å². The van der Waals surface area contributed by atoms with E-state index in [2.05, 4.69) is 0 Å². The summed E-state index contributed by atoms with van der Waals surface area (Å²) in [4.78, 5) is 10.1. The first kappa shape index (κ1) is 8.49. The van der Waals surface area contributed by atoms with Gasteiger partial charge in [-0.25, -0.2) is 8.78 Å². The van der Waals surface area contributed by atoms with Gasteiger partial charge in [-0.3, -0.25) is 4.79 Å². The molecule has 0 aromatic heterocycles. The molecule has 0 saturated carbocycles. The first-order valence-electron chi connectivity index (χ1n) is 2.58. The normalized spacial score (nSPS) is 16.9. The van der Waals surface area contributed by atoms with Crippen LogP contribution in [0.5, 0.6) is 0 Å². The highest BCUT2D eigenvalue weighted by atomic mass is 19.2. The minimum Gasteiger partial charge on any atom is -0.328 e. The van der Waals surface area contributed by atoms with Crippen molar-refractivity contribution in [3.8, 4) is 0 Å². The lowest BCUT2D eigenvalue weighted by Crippen LogP contribution is -2.31. The highest BCUT2D eigenvalue weighted by Gasteiger charge is 2.22. The molecule has 0 spiro atoms. The van der Waals surface area contributed by atoms with E-state index in [1.807, 2.05) is 0 Å². The highest BCUT2D eigenvalue weighted by molar-refractivity contribution is 5.80. The van der Waals surface area contributed by atoms with E-state index in [1.165, 1.54) is 0 Å². The molecule has 2 nitrogen and oxygen atoms in total. The van der Waals surface area contributed by atoms with E-state index in [0.717, 1.165) is 6.92 Å². The maximum atomic E-state index is 12.1. The van der Waals surface area contributed by atoms with E-state index >= 15 is 0 Å². The average molecular weight is 137 g/mol. The zero-order chi connectivity index (χ0) is 7.44. The molecule has 0 fully saturated rings. The summed E-state index contributed by atoms with van der Waals surface area (Å²) < 4.78 is 24.2. The fourth-order valence-corrected chi connectivity index (χ4v) is 0.374. The Hall–Kier alpha value is -0.510. The molecule has 0 aromatic carbocycles. The first-order chi connectivity index (χ1) is 4.09. The van der Waals surface area contributed by atoms with Crippen LogP contribution in [0.4, 0.5) is 8.78 Å². The minimum absolute atomic E-state index is 0.444. The Labute approximate surface area is 52.0 Å². The molecule has 54 valence electrons. The Morgan fingerprint density at radius 2 is 2.11 bits per heavy atom. The summed E-state index contributed by atoms with van der Waals surface area (Å²) in [6.07, 6.45) is -3.89. The molecule has 0 saturated heterocycles. The molecule has 2 N–H and O–H groups in total. The standard InChI is InChI=1S/C5H9F2NO/c1-3(9)5(7)4(6)2-8/h4-5H,2,8H2,1H3. The number of hydrogen-bond acceptors (Lipinski definition) is 2. The number of carbonyl (C=O) groups is 1. The summed E-state index contributed by atoms with van der Waals surface area (Å²) in [5.41, 5.74) is 4.74. The van der Waals surface area contributed by atoms with Crippen LogP contribution < -0.4 is 5.73 Å². The van der Waals surface area contributed by atoms with Crippen molar-refractivity contribution >= 4 is 5.78 Å². The number of hydrogen-bond donors (Lipinski definition) is 1. The van der Waals surface area contributed by atoms with Crippen LogP contribution in [0.1, 0.15) is 6.92 Å². The predicted octanol–water partition coefficient (Wildman–Crippen LogP) is 0.210. The second-order valence-electron chi connectivity index (χ2n) is 1.76. The molecule has 2 unspecified atom stereocenters. The van der Waals surface area contributed by atoms with Gasteiger partial charge >= 0.3 is 0 Å². The number of alkyl halides is 2. The zero-order valence-corrected chi connectivity index (χ0v) is 5.10. The number of rotatable bonds is 3. The Balaban J connectivity index is 3.72. The fraction of sp³-hybridized carbons (Fsp3) is 0.800. The molecule has 0 aliphatic carbocycles. The van der Waals surface area contributed by atoms with Crippen LogP contribution in [0.25, 0.3) is 0 Å². The second-order valence-corrected chi connectivity index (χ2v) is 1.76. The number of Topliss-reactive ketones (excluding diaryl/α,β-unsaturated/α-hetero) is 1. The SMILES string of the molecule is CC(=O)C(F)C(F)CN. The molecule has 9 heavy (non-hydrogen) atoms. The molecular weight excluding hydrogens is 128 g/mol. The van der Waals surface area contributed by atoms with Crippen molar-refractivity contribution in [3.05, 3.63) is 0 Å². The van der Waals surface area contributed by atoms with E-state index in [9.17, 15) is 13.6 Å². The summed E-state index contributed by atoms with van der Waals surface area (Å²) in [5, 5.41) is 0. The van der Waals surface area contributed by atoms with Crippen molar-refractivity contribution in [1.82, 2.24) is 0 Å². The smallest absolute Gasteiger partial charge is 0.190 e. The number of nitrogens with two attached hydrogens (primary N) is 1. The molecule has 2 atom stereocenters. The molecule has 4 heteroatoms. The van der Waals surface area contributed by atoms with Crippen molar-refractivity contribution < 1.29 is 13.6 Å². The van der Waals surface area contributed by atoms with Crippen LogP contribution >= 0.6 is 0 Å². The van der Waals surface area contributed by atoms with Crippen molar-refractivity contribution in [2.24, 2.45) is 5.73 Å². The van der Waals surface area contributed by atoms with Gasteiger partial charge in [-0.2, -0.15) is 0 Å². The molecule has 0 bridgehead atoms. The summed E-state index contributed by atoms with van der Waals surface area (Å²) in [5.74, 6) is -0.812. The van der Waals surface area contributed by atoms with Crippen LogP contribution in [0.15, 0.2) is 0 Å². The van der Waals surface area contributed by atoms with Gasteiger partial charge in [0.25, 0.3) is 0 Å². The minimum atomic E-state index is -2.05. The fourth-order valence-electron chi connectivity index (χ4n) is 0.374. The van der Waals surface area contributed by atoms with Gasteiger partial charge in [0.05, 0.1) is 0 Å². The average Bonchev–Trinajstić information content (AvgIpc) is 1.84. The molecule has 0 rings (SSSR count). The molecule has 0 aliphatic rings. The van der Waals surface area contributed by atoms with Crippen molar-refractivity contribution in [2.45, 2.75) is 19.3 Å². The third-order valence-corrected chi connectivity index (χ3v) is 0.931. The van der Waals surface area contributed by atoms with Crippen molar-refractivity contribution in [1.29, 1.82) is 0 Å². The Kier molecular flexibility index (Phi) is 3.30. The van der Waals surface area contributed by atoms with Gasteiger partial charge in [0.1, 0.15) is 0 Å². The quantitative estimate of drug-likeness (QED) is 0.604. The predicted molar refractivity (Wildman–Crippen MR) is 29.5 cm³/mol. The third kappa shape index (κ3) is 2.51. The summed E-state index contributed by atoms with van der Waals surface area (Å²) >= 11 is 0. The Morgan fingerprint density at radius 3 is 2.22 bits per heavy atom. The largest absolute Gasteiger partial charge is 0.328 e. The molecule has 0 radical (unpaired) electrons. The molecule has 0 aromatic rings. The molecule has 0 amide bonds. The third-order valence-electron chi connectivity index (χ3n) is 0.931. The highest BCUT2D eigenvalue weighted by Crippen LogP contribution is 2.02. The zero-order valence-electron chi connectivity index (χ0n) is 5.10. The lowest BCUT2D eigenvalue weighted by atomic mass is 10.2. The summed E-state index contributed by atoms with van der Waals surface area (Å²) in [6, 6.07) is 0.